The number of carbonyl (C=O) groups is 1. The smallest absolute Gasteiger partial charge is 0.270 e. The Morgan fingerprint density at radius 2 is 2.30 bits per heavy atom. The lowest BCUT2D eigenvalue weighted by atomic mass is 10.1. The van der Waals surface area contributed by atoms with Gasteiger partial charge in [-0.05, 0) is 18.6 Å². The number of hydrogen-bond donors (Lipinski definition) is 0. The Morgan fingerprint density at radius 1 is 1.55 bits per heavy atom. The third-order valence-corrected chi connectivity index (χ3v) is 3.46. The molecule has 1 atom stereocenters. The fourth-order valence-corrected chi connectivity index (χ4v) is 2.36. The highest BCUT2D eigenvalue weighted by molar-refractivity contribution is 6.18. The van der Waals surface area contributed by atoms with Gasteiger partial charge in [0, 0.05) is 30.8 Å². The van der Waals surface area contributed by atoms with Crippen LogP contribution in [-0.4, -0.2) is 47.4 Å². The van der Waals surface area contributed by atoms with E-state index in [-0.39, 0.29) is 17.7 Å². The van der Waals surface area contributed by atoms with E-state index < -0.39 is 4.92 Å². The van der Waals surface area contributed by atoms with Gasteiger partial charge in [-0.25, -0.2) is 0 Å². The second-order valence-electron chi connectivity index (χ2n) is 4.71. The van der Waals surface area contributed by atoms with E-state index in [0.717, 1.165) is 0 Å². The second-order valence-corrected chi connectivity index (χ2v) is 5.02. The second kappa shape index (κ2) is 6.19. The highest BCUT2D eigenvalue weighted by Crippen LogP contribution is 2.19. The number of non-ortho nitro benzene ring substituents is 1. The molecule has 2 rings (SSSR count). The average molecular weight is 299 g/mol. The number of nitro groups is 1. The van der Waals surface area contributed by atoms with Crippen molar-refractivity contribution in [3.63, 3.8) is 0 Å². The van der Waals surface area contributed by atoms with Crippen LogP contribution in [0, 0.1) is 17.0 Å². The summed E-state index contributed by atoms with van der Waals surface area (Å²) in [6, 6.07) is 4.40. The van der Waals surface area contributed by atoms with Crippen LogP contribution in [0.1, 0.15) is 15.9 Å². The molecule has 6 nitrogen and oxygen atoms in total. The summed E-state index contributed by atoms with van der Waals surface area (Å²) in [5.74, 6) is 0.0906. The van der Waals surface area contributed by atoms with Crippen molar-refractivity contribution >= 4 is 23.2 Å². The summed E-state index contributed by atoms with van der Waals surface area (Å²) in [5, 5.41) is 10.8. The van der Waals surface area contributed by atoms with Gasteiger partial charge in [0.25, 0.3) is 11.6 Å². The van der Waals surface area contributed by atoms with Crippen molar-refractivity contribution < 1.29 is 14.5 Å². The number of alkyl halides is 1. The summed E-state index contributed by atoms with van der Waals surface area (Å²) in [5.41, 5.74) is 0.937. The number of aryl methyl sites for hydroxylation is 1. The summed E-state index contributed by atoms with van der Waals surface area (Å²) < 4.78 is 5.39. The monoisotopic (exact) mass is 298 g/mol. The third kappa shape index (κ3) is 3.26. The van der Waals surface area contributed by atoms with Crippen molar-refractivity contribution in [2.75, 3.05) is 25.6 Å². The Bertz CT molecular complexity index is 535. The summed E-state index contributed by atoms with van der Waals surface area (Å²) >= 11 is 5.74. The van der Waals surface area contributed by atoms with E-state index in [1.807, 2.05) is 0 Å². The van der Waals surface area contributed by atoms with Crippen LogP contribution in [0.5, 0.6) is 0 Å². The van der Waals surface area contributed by atoms with Crippen molar-refractivity contribution in [2.24, 2.45) is 0 Å². The molecule has 0 spiro atoms. The predicted octanol–water partition coefficient (Wildman–Crippen LogP) is 1.98. The number of morpholine rings is 1. The highest BCUT2D eigenvalue weighted by Gasteiger charge is 2.25. The maximum absolute atomic E-state index is 12.4. The molecular formula is C13H15ClN2O4. The van der Waals surface area contributed by atoms with E-state index in [1.165, 1.54) is 12.1 Å². The van der Waals surface area contributed by atoms with Crippen LogP contribution >= 0.6 is 11.6 Å². The molecule has 0 saturated carbocycles. The standard InChI is InChI=1S/C13H15ClN2O4/c1-9-4-10(6-11(5-9)16(18)19)13(17)15-2-3-20-12(7-14)8-15/h4-6,12H,2-3,7-8H2,1H3. The van der Waals surface area contributed by atoms with Crippen molar-refractivity contribution in [3.05, 3.63) is 39.4 Å². The lowest BCUT2D eigenvalue weighted by Gasteiger charge is -2.32. The average Bonchev–Trinajstić information content (AvgIpc) is 2.45. The van der Waals surface area contributed by atoms with Gasteiger partial charge in [0.1, 0.15) is 0 Å². The molecule has 7 heteroatoms. The number of ether oxygens (including phenoxy) is 1. The lowest BCUT2D eigenvalue weighted by Crippen LogP contribution is -2.46. The molecular weight excluding hydrogens is 284 g/mol. The van der Waals surface area contributed by atoms with E-state index in [0.29, 0.717) is 36.7 Å². The molecule has 20 heavy (non-hydrogen) atoms. The van der Waals surface area contributed by atoms with E-state index in [4.69, 9.17) is 16.3 Å². The van der Waals surface area contributed by atoms with Crippen LogP contribution in [0.25, 0.3) is 0 Å². The number of benzene rings is 1. The Labute approximate surface area is 121 Å². The Kier molecular flexibility index (Phi) is 4.57. The molecule has 1 unspecified atom stereocenters. The molecule has 0 N–H and O–H groups in total. The van der Waals surface area contributed by atoms with E-state index in [1.54, 1.807) is 17.9 Å². The molecule has 1 aromatic rings. The molecule has 1 heterocycles. The van der Waals surface area contributed by atoms with Crippen LogP contribution < -0.4 is 0 Å². The van der Waals surface area contributed by atoms with Gasteiger partial charge in [0.15, 0.2) is 0 Å². The molecule has 0 aliphatic carbocycles. The summed E-state index contributed by atoms with van der Waals surface area (Å²) in [6.07, 6.45) is -0.186. The zero-order valence-corrected chi connectivity index (χ0v) is 11.8. The van der Waals surface area contributed by atoms with Gasteiger partial charge >= 0.3 is 0 Å². The number of halogens is 1. The Morgan fingerprint density at radius 3 is 2.95 bits per heavy atom. The van der Waals surface area contributed by atoms with Crippen molar-refractivity contribution in [1.29, 1.82) is 0 Å². The van der Waals surface area contributed by atoms with Crippen LogP contribution in [0.15, 0.2) is 18.2 Å². The zero-order chi connectivity index (χ0) is 14.7. The summed E-state index contributed by atoms with van der Waals surface area (Å²) in [4.78, 5) is 24.4. The molecule has 108 valence electrons. The maximum atomic E-state index is 12.4. The van der Waals surface area contributed by atoms with Gasteiger partial charge in [-0.15, -0.1) is 11.6 Å². The van der Waals surface area contributed by atoms with Crippen molar-refractivity contribution in [2.45, 2.75) is 13.0 Å². The maximum Gasteiger partial charge on any atom is 0.270 e. The van der Waals surface area contributed by atoms with Crippen LogP contribution in [0.4, 0.5) is 5.69 Å². The summed E-state index contributed by atoms with van der Waals surface area (Å²) in [6.45, 7) is 3.03. The minimum absolute atomic E-state index is 0.0736. The molecule has 1 amide bonds. The van der Waals surface area contributed by atoms with Gasteiger partial charge < -0.3 is 9.64 Å². The first-order valence-corrected chi connectivity index (χ1v) is 6.77. The highest BCUT2D eigenvalue weighted by atomic mass is 35.5. The molecule has 1 aliphatic rings. The normalized spacial score (nSPS) is 18.9. The van der Waals surface area contributed by atoms with Crippen molar-refractivity contribution in [1.82, 2.24) is 4.90 Å². The minimum Gasteiger partial charge on any atom is -0.373 e. The lowest BCUT2D eigenvalue weighted by molar-refractivity contribution is -0.384. The topological polar surface area (TPSA) is 72.7 Å². The van der Waals surface area contributed by atoms with E-state index in [9.17, 15) is 14.9 Å². The predicted molar refractivity (Wildman–Crippen MR) is 74.2 cm³/mol. The molecule has 1 aromatic carbocycles. The number of hydrogen-bond acceptors (Lipinski definition) is 4. The van der Waals surface area contributed by atoms with Crippen LogP contribution in [0.3, 0.4) is 0 Å². The van der Waals surface area contributed by atoms with E-state index >= 15 is 0 Å². The van der Waals surface area contributed by atoms with Crippen LogP contribution in [0.2, 0.25) is 0 Å². The van der Waals surface area contributed by atoms with Gasteiger partial charge in [-0.2, -0.15) is 0 Å². The molecule has 1 fully saturated rings. The van der Waals surface area contributed by atoms with Gasteiger partial charge in [-0.3, -0.25) is 14.9 Å². The summed E-state index contributed by atoms with van der Waals surface area (Å²) in [7, 11) is 0. The number of carbonyl (C=O) groups excluding carboxylic acids is 1. The van der Waals surface area contributed by atoms with Crippen molar-refractivity contribution in [3.8, 4) is 0 Å². The third-order valence-electron chi connectivity index (χ3n) is 3.12. The first-order valence-electron chi connectivity index (χ1n) is 6.24. The number of nitro benzene ring substituents is 1. The minimum atomic E-state index is -0.495. The number of nitrogens with zero attached hydrogens (tertiary/aromatic N) is 2. The first-order chi connectivity index (χ1) is 9.51. The van der Waals surface area contributed by atoms with Crippen LogP contribution in [-0.2, 0) is 4.74 Å². The molecule has 0 aromatic heterocycles. The quantitative estimate of drug-likeness (QED) is 0.486. The Hall–Kier alpha value is -1.66. The number of amides is 1. The molecule has 0 radical (unpaired) electrons. The Balaban J connectivity index is 2.22. The van der Waals surface area contributed by atoms with Gasteiger partial charge in [0.2, 0.25) is 0 Å². The fraction of sp³-hybridized carbons (Fsp3) is 0.462. The molecule has 1 aliphatic heterocycles. The largest absolute Gasteiger partial charge is 0.373 e. The van der Waals surface area contributed by atoms with E-state index in [2.05, 4.69) is 0 Å². The first kappa shape index (κ1) is 14.7. The molecule has 0 bridgehead atoms. The van der Waals surface area contributed by atoms with Gasteiger partial charge in [-0.1, -0.05) is 0 Å². The number of rotatable bonds is 3. The SMILES string of the molecule is Cc1cc(C(=O)N2CCOC(CCl)C2)cc([N+](=O)[O-])c1. The fourth-order valence-electron chi connectivity index (χ4n) is 2.17. The zero-order valence-electron chi connectivity index (χ0n) is 11.0. The van der Waals surface area contributed by atoms with Gasteiger partial charge in [0.05, 0.1) is 23.5 Å². The molecule has 1 saturated heterocycles.